The number of nitrogens with zero attached hydrogens (tertiary/aromatic N) is 3. The van der Waals surface area contributed by atoms with E-state index in [0.29, 0.717) is 19.6 Å². The molecule has 150 valence electrons. The SMILES string of the molecule is O=[N+]([O-])c1cccc(N2CCN(Cc3ccc(S(=O)(=O)C(F)F)cc3)CC2)c1. The van der Waals surface area contributed by atoms with Crippen LogP contribution in [0.3, 0.4) is 0 Å². The Balaban J connectivity index is 1.59. The fourth-order valence-corrected chi connectivity index (χ4v) is 3.83. The van der Waals surface area contributed by atoms with Crippen LogP contribution in [0.15, 0.2) is 53.4 Å². The third-order valence-electron chi connectivity index (χ3n) is 4.67. The number of benzene rings is 2. The van der Waals surface area contributed by atoms with E-state index < -0.39 is 20.5 Å². The third-order valence-corrected chi connectivity index (χ3v) is 6.07. The van der Waals surface area contributed by atoms with Gasteiger partial charge >= 0.3 is 5.76 Å². The average molecular weight is 411 g/mol. The number of rotatable bonds is 6. The van der Waals surface area contributed by atoms with E-state index in [4.69, 9.17) is 0 Å². The molecule has 28 heavy (non-hydrogen) atoms. The van der Waals surface area contributed by atoms with Gasteiger partial charge in [0.15, 0.2) is 0 Å². The number of halogens is 2. The van der Waals surface area contributed by atoms with Crippen LogP contribution in [-0.2, 0) is 16.4 Å². The van der Waals surface area contributed by atoms with Crippen LogP contribution in [0.4, 0.5) is 20.2 Å². The Kier molecular flexibility index (Phi) is 5.90. The van der Waals surface area contributed by atoms with Gasteiger partial charge in [-0.25, -0.2) is 8.42 Å². The minimum absolute atomic E-state index is 0.0544. The maximum Gasteiger partial charge on any atom is 0.341 e. The van der Waals surface area contributed by atoms with Gasteiger partial charge in [-0.15, -0.1) is 0 Å². The van der Waals surface area contributed by atoms with Crippen LogP contribution < -0.4 is 4.90 Å². The predicted molar refractivity (Wildman–Crippen MR) is 100 cm³/mol. The molecule has 0 bridgehead atoms. The Hall–Kier alpha value is -2.59. The van der Waals surface area contributed by atoms with E-state index in [2.05, 4.69) is 9.80 Å². The number of hydrogen-bond donors (Lipinski definition) is 0. The largest absolute Gasteiger partial charge is 0.369 e. The summed E-state index contributed by atoms with van der Waals surface area (Å²) in [5, 5.41) is 10.9. The molecule has 0 unspecified atom stereocenters. The Morgan fingerprint density at radius 2 is 1.68 bits per heavy atom. The van der Waals surface area contributed by atoms with Crippen LogP contribution in [0, 0.1) is 10.1 Å². The molecule has 10 heteroatoms. The molecule has 0 amide bonds. The van der Waals surface area contributed by atoms with E-state index in [9.17, 15) is 27.3 Å². The van der Waals surface area contributed by atoms with Crippen molar-refractivity contribution in [1.29, 1.82) is 0 Å². The molecule has 1 aliphatic rings. The highest BCUT2D eigenvalue weighted by Crippen LogP contribution is 2.23. The lowest BCUT2D eigenvalue weighted by molar-refractivity contribution is -0.384. The zero-order chi connectivity index (χ0) is 20.3. The first-order valence-electron chi connectivity index (χ1n) is 8.60. The topological polar surface area (TPSA) is 83.8 Å². The second-order valence-corrected chi connectivity index (χ2v) is 8.41. The third kappa shape index (κ3) is 4.45. The molecule has 0 aliphatic carbocycles. The molecule has 1 heterocycles. The van der Waals surface area contributed by atoms with Crippen molar-refractivity contribution in [2.45, 2.75) is 17.2 Å². The monoisotopic (exact) mass is 411 g/mol. The van der Waals surface area contributed by atoms with E-state index in [1.807, 2.05) is 6.07 Å². The molecule has 2 aromatic carbocycles. The second kappa shape index (κ2) is 8.19. The molecule has 1 saturated heterocycles. The summed E-state index contributed by atoms with van der Waals surface area (Å²) in [6.45, 7) is 3.40. The maximum atomic E-state index is 12.6. The van der Waals surface area contributed by atoms with Gasteiger partial charge in [0, 0.05) is 50.5 Å². The summed E-state index contributed by atoms with van der Waals surface area (Å²) in [5.74, 6) is -3.43. The average Bonchev–Trinajstić information content (AvgIpc) is 2.69. The number of anilines is 1. The molecule has 3 rings (SSSR count). The highest BCUT2D eigenvalue weighted by molar-refractivity contribution is 7.91. The number of piperazine rings is 1. The number of nitro benzene ring substituents is 1. The molecule has 0 spiro atoms. The van der Waals surface area contributed by atoms with Gasteiger partial charge in [-0.1, -0.05) is 18.2 Å². The summed E-state index contributed by atoms with van der Waals surface area (Å²) in [4.78, 5) is 14.3. The Morgan fingerprint density at radius 3 is 2.25 bits per heavy atom. The highest BCUT2D eigenvalue weighted by atomic mass is 32.2. The van der Waals surface area contributed by atoms with Gasteiger partial charge in [0.1, 0.15) is 0 Å². The first-order valence-corrected chi connectivity index (χ1v) is 10.1. The van der Waals surface area contributed by atoms with E-state index in [1.54, 1.807) is 24.3 Å². The van der Waals surface area contributed by atoms with Crippen LogP contribution in [0.1, 0.15) is 5.56 Å². The summed E-state index contributed by atoms with van der Waals surface area (Å²) in [5.41, 5.74) is 1.69. The summed E-state index contributed by atoms with van der Waals surface area (Å²) in [7, 11) is -4.58. The standard InChI is InChI=1S/C18H19F2N3O4S/c19-18(20)28(26,27)17-6-4-14(5-7-17)13-21-8-10-22(11-9-21)15-2-1-3-16(12-15)23(24)25/h1-7,12,18H,8-11,13H2. The first-order chi connectivity index (χ1) is 13.3. The molecular weight excluding hydrogens is 392 g/mol. The molecule has 2 aromatic rings. The summed E-state index contributed by atoms with van der Waals surface area (Å²) >= 11 is 0. The first kappa shape index (κ1) is 20.2. The lowest BCUT2D eigenvalue weighted by atomic mass is 10.2. The zero-order valence-corrected chi connectivity index (χ0v) is 15.7. The van der Waals surface area contributed by atoms with E-state index in [1.165, 1.54) is 18.2 Å². The van der Waals surface area contributed by atoms with Gasteiger partial charge in [-0.2, -0.15) is 8.78 Å². The minimum Gasteiger partial charge on any atom is -0.369 e. The van der Waals surface area contributed by atoms with Crippen molar-refractivity contribution in [3.8, 4) is 0 Å². The minimum atomic E-state index is -4.58. The van der Waals surface area contributed by atoms with Gasteiger partial charge in [-0.3, -0.25) is 15.0 Å². The molecular formula is C18H19F2N3O4S. The van der Waals surface area contributed by atoms with E-state index in [-0.39, 0.29) is 10.6 Å². The number of sulfone groups is 1. The Labute approximate surface area is 161 Å². The lowest BCUT2D eigenvalue weighted by Crippen LogP contribution is -2.45. The van der Waals surface area contributed by atoms with E-state index in [0.717, 1.165) is 24.3 Å². The normalized spacial score (nSPS) is 15.8. The number of hydrogen-bond acceptors (Lipinski definition) is 6. The Morgan fingerprint density at radius 1 is 1.04 bits per heavy atom. The maximum absolute atomic E-state index is 12.6. The quantitative estimate of drug-likeness (QED) is 0.537. The van der Waals surface area contributed by atoms with Gasteiger partial charge < -0.3 is 4.90 Å². The van der Waals surface area contributed by atoms with Crippen molar-refractivity contribution in [3.05, 3.63) is 64.2 Å². The van der Waals surface area contributed by atoms with Crippen molar-refractivity contribution in [2.75, 3.05) is 31.1 Å². The molecule has 1 fully saturated rings. The smallest absolute Gasteiger partial charge is 0.341 e. The summed E-state index contributed by atoms with van der Waals surface area (Å²) in [6, 6.07) is 12.0. The van der Waals surface area contributed by atoms with Gasteiger partial charge in [0.2, 0.25) is 9.84 Å². The molecule has 7 nitrogen and oxygen atoms in total. The summed E-state index contributed by atoms with van der Waals surface area (Å²) < 4.78 is 48.1. The lowest BCUT2D eigenvalue weighted by Gasteiger charge is -2.36. The number of nitro groups is 1. The molecule has 0 atom stereocenters. The number of non-ortho nitro benzene ring substituents is 1. The molecule has 0 N–H and O–H groups in total. The van der Waals surface area contributed by atoms with Crippen LogP contribution in [0.2, 0.25) is 0 Å². The zero-order valence-electron chi connectivity index (χ0n) is 14.9. The molecule has 0 radical (unpaired) electrons. The van der Waals surface area contributed by atoms with Crippen molar-refractivity contribution in [3.63, 3.8) is 0 Å². The van der Waals surface area contributed by atoms with Crippen LogP contribution in [0.5, 0.6) is 0 Å². The molecule has 0 saturated carbocycles. The van der Waals surface area contributed by atoms with Gasteiger partial charge in [0.05, 0.1) is 9.82 Å². The van der Waals surface area contributed by atoms with Gasteiger partial charge in [0.25, 0.3) is 5.69 Å². The highest BCUT2D eigenvalue weighted by Gasteiger charge is 2.26. The number of alkyl halides is 2. The van der Waals surface area contributed by atoms with Crippen molar-refractivity contribution < 1.29 is 22.1 Å². The van der Waals surface area contributed by atoms with Crippen LogP contribution in [0.25, 0.3) is 0 Å². The van der Waals surface area contributed by atoms with Crippen LogP contribution >= 0.6 is 0 Å². The Bertz CT molecular complexity index is 944. The van der Waals surface area contributed by atoms with Crippen molar-refractivity contribution in [2.24, 2.45) is 0 Å². The molecule has 0 aromatic heterocycles. The van der Waals surface area contributed by atoms with Gasteiger partial charge in [-0.05, 0) is 23.8 Å². The fraction of sp³-hybridized carbons (Fsp3) is 0.333. The fourth-order valence-electron chi connectivity index (χ4n) is 3.11. The van der Waals surface area contributed by atoms with Crippen LogP contribution in [-0.4, -0.2) is 50.2 Å². The molecule has 1 aliphatic heterocycles. The van der Waals surface area contributed by atoms with E-state index >= 15 is 0 Å². The summed E-state index contributed by atoms with van der Waals surface area (Å²) in [6.07, 6.45) is 0. The predicted octanol–water partition coefficient (Wildman–Crippen LogP) is 2.91. The second-order valence-electron chi connectivity index (χ2n) is 6.49. The van der Waals surface area contributed by atoms with Crippen molar-refractivity contribution >= 4 is 21.2 Å². The van der Waals surface area contributed by atoms with Crippen molar-refractivity contribution in [1.82, 2.24) is 4.90 Å².